The molecule has 2 N–H and O–H groups in total. The fraction of sp³-hybridized carbons (Fsp3) is 0.0870. The molecule has 30 heavy (non-hydrogen) atoms. The molecule has 1 amide bonds. The van der Waals surface area contributed by atoms with Crippen LogP contribution in [0, 0.1) is 0 Å². The number of imidazole rings is 1. The van der Waals surface area contributed by atoms with Gasteiger partial charge in [-0.2, -0.15) is 5.10 Å². The van der Waals surface area contributed by atoms with Crippen molar-refractivity contribution in [2.45, 2.75) is 0 Å². The Morgan fingerprint density at radius 3 is 2.63 bits per heavy atom. The average Bonchev–Trinajstić information content (AvgIpc) is 3.22. The number of hydrogen-bond donors (Lipinski definition) is 2. The van der Waals surface area contributed by atoms with Crippen LogP contribution in [0.2, 0.25) is 0 Å². The number of ether oxygens (including phenoxy) is 2. The fourth-order valence-electron chi connectivity index (χ4n) is 3.12. The maximum absolute atomic E-state index is 12.5. The molecular weight excluding hydrogens is 380 g/mol. The van der Waals surface area contributed by atoms with Gasteiger partial charge in [-0.05, 0) is 30.3 Å². The first-order valence-corrected chi connectivity index (χ1v) is 9.29. The largest absolute Gasteiger partial charge is 0.493 e. The summed E-state index contributed by atoms with van der Waals surface area (Å²) in [7, 11) is 3.12. The van der Waals surface area contributed by atoms with Gasteiger partial charge in [0.25, 0.3) is 5.91 Å². The van der Waals surface area contributed by atoms with Crippen LogP contribution in [0.3, 0.4) is 0 Å². The van der Waals surface area contributed by atoms with Crippen molar-refractivity contribution in [2.75, 3.05) is 14.2 Å². The molecule has 0 saturated heterocycles. The van der Waals surface area contributed by atoms with Crippen molar-refractivity contribution < 1.29 is 14.3 Å². The number of hydrogen-bond acceptors (Lipinski definition) is 5. The van der Waals surface area contributed by atoms with Crippen LogP contribution < -0.4 is 14.9 Å². The second kappa shape index (κ2) is 8.48. The number of hydrazone groups is 1. The molecule has 150 valence electrons. The molecule has 1 aromatic heterocycles. The van der Waals surface area contributed by atoms with Crippen molar-refractivity contribution in [3.05, 3.63) is 77.9 Å². The molecule has 4 aromatic rings. The van der Waals surface area contributed by atoms with Crippen molar-refractivity contribution >= 4 is 23.2 Å². The predicted molar refractivity (Wildman–Crippen MR) is 116 cm³/mol. The van der Waals surface area contributed by atoms with Crippen LogP contribution in [0.4, 0.5) is 0 Å². The van der Waals surface area contributed by atoms with E-state index in [1.807, 2.05) is 48.5 Å². The Balaban J connectivity index is 1.52. The van der Waals surface area contributed by atoms with Gasteiger partial charge < -0.3 is 14.5 Å². The van der Waals surface area contributed by atoms with E-state index in [-0.39, 0.29) is 5.91 Å². The van der Waals surface area contributed by atoms with E-state index >= 15 is 0 Å². The second-order valence-electron chi connectivity index (χ2n) is 6.47. The summed E-state index contributed by atoms with van der Waals surface area (Å²) in [6.07, 6.45) is 1.52. The lowest BCUT2D eigenvalue weighted by Gasteiger charge is -2.09. The summed E-state index contributed by atoms with van der Waals surface area (Å²) in [5.41, 5.74) is 6.25. The van der Waals surface area contributed by atoms with Crippen LogP contribution in [0.25, 0.3) is 22.4 Å². The van der Waals surface area contributed by atoms with Crippen molar-refractivity contribution in [3.63, 3.8) is 0 Å². The summed E-state index contributed by atoms with van der Waals surface area (Å²) in [5.74, 6) is 1.56. The summed E-state index contributed by atoms with van der Waals surface area (Å²) < 4.78 is 10.6. The van der Waals surface area contributed by atoms with E-state index in [1.54, 1.807) is 32.4 Å². The van der Waals surface area contributed by atoms with Crippen LogP contribution in [0.1, 0.15) is 15.9 Å². The molecule has 0 atom stereocenters. The number of para-hydroxylation sites is 1. The monoisotopic (exact) mass is 400 g/mol. The van der Waals surface area contributed by atoms with Gasteiger partial charge in [0, 0.05) is 16.7 Å². The molecule has 7 heteroatoms. The maximum Gasteiger partial charge on any atom is 0.271 e. The minimum Gasteiger partial charge on any atom is -0.493 e. The predicted octanol–water partition coefficient (Wildman–Crippen LogP) is 4.01. The molecule has 0 saturated carbocycles. The lowest BCUT2D eigenvalue weighted by molar-refractivity contribution is 0.0955. The van der Waals surface area contributed by atoms with Gasteiger partial charge in [-0.1, -0.05) is 36.4 Å². The van der Waals surface area contributed by atoms with Crippen molar-refractivity contribution in [1.82, 2.24) is 15.4 Å². The van der Waals surface area contributed by atoms with E-state index in [4.69, 9.17) is 9.47 Å². The van der Waals surface area contributed by atoms with Crippen molar-refractivity contribution in [1.29, 1.82) is 0 Å². The lowest BCUT2D eigenvalue weighted by Crippen LogP contribution is -2.17. The fourth-order valence-corrected chi connectivity index (χ4v) is 3.12. The van der Waals surface area contributed by atoms with Crippen molar-refractivity contribution in [3.8, 4) is 22.9 Å². The Kier molecular flexibility index (Phi) is 5.43. The number of benzene rings is 3. The zero-order chi connectivity index (χ0) is 20.9. The average molecular weight is 400 g/mol. The maximum atomic E-state index is 12.5. The van der Waals surface area contributed by atoms with Crippen molar-refractivity contribution in [2.24, 2.45) is 5.10 Å². The quantitative estimate of drug-likeness (QED) is 0.378. The van der Waals surface area contributed by atoms with E-state index in [0.717, 1.165) is 22.4 Å². The van der Waals surface area contributed by atoms with Crippen LogP contribution >= 0.6 is 0 Å². The van der Waals surface area contributed by atoms with Crippen LogP contribution in [0.15, 0.2) is 71.8 Å². The standard InChI is InChI=1S/C23H20N4O3/c1-29-20-10-6-9-17(21(20)30-2)14-24-27-23(28)16-11-12-18-19(13-16)26-22(25-18)15-7-4-3-5-8-15/h3-14H,1-2H3,(H,25,26)(H,27,28)/b24-14+. The molecule has 0 aliphatic heterocycles. The number of nitrogens with zero attached hydrogens (tertiary/aromatic N) is 2. The zero-order valence-corrected chi connectivity index (χ0v) is 16.5. The Morgan fingerprint density at radius 1 is 1.03 bits per heavy atom. The van der Waals surface area contributed by atoms with E-state index < -0.39 is 0 Å². The highest BCUT2D eigenvalue weighted by atomic mass is 16.5. The molecule has 0 aliphatic carbocycles. The number of H-pyrrole nitrogens is 1. The van der Waals surface area contributed by atoms with E-state index in [1.165, 1.54) is 6.21 Å². The number of aromatic amines is 1. The molecule has 0 aliphatic rings. The number of amides is 1. The molecular formula is C23H20N4O3. The highest BCUT2D eigenvalue weighted by Crippen LogP contribution is 2.29. The number of nitrogens with one attached hydrogen (secondary N) is 2. The highest BCUT2D eigenvalue weighted by Gasteiger charge is 2.10. The topological polar surface area (TPSA) is 88.6 Å². The third kappa shape index (κ3) is 3.86. The SMILES string of the molecule is COc1cccc(/C=N/NC(=O)c2ccc3nc(-c4ccccc4)[nH]c3c2)c1OC. The normalized spacial score (nSPS) is 11.0. The van der Waals surface area contributed by atoms with E-state index in [0.29, 0.717) is 22.6 Å². The first-order valence-electron chi connectivity index (χ1n) is 9.29. The first kappa shape index (κ1) is 19.2. The minimum atomic E-state index is -0.328. The summed E-state index contributed by atoms with van der Waals surface area (Å²) >= 11 is 0. The minimum absolute atomic E-state index is 0.328. The third-order valence-corrected chi connectivity index (χ3v) is 4.59. The van der Waals surface area contributed by atoms with Gasteiger partial charge in [0.2, 0.25) is 0 Å². The zero-order valence-electron chi connectivity index (χ0n) is 16.5. The van der Waals surface area contributed by atoms with Gasteiger partial charge in [0.1, 0.15) is 5.82 Å². The number of carbonyl (C=O) groups is 1. The molecule has 0 radical (unpaired) electrons. The molecule has 3 aromatic carbocycles. The Bertz CT molecular complexity index is 1220. The Morgan fingerprint density at radius 2 is 1.87 bits per heavy atom. The van der Waals surface area contributed by atoms with Gasteiger partial charge in [0.15, 0.2) is 11.5 Å². The molecule has 0 spiro atoms. The summed E-state index contributed by atoms with van der Waals surface area (Å²) in [6.45, 7) is 0. The molecule has 0 unspecified atom stereocenters. The molecule has 0 fully saturated rings. The van der Waals surface area contributed by atoms with Gasteiger partial charge >= 0.3 is 0 Å². The summed E-state index contributed by atoms with van der Waals surface area (Å²) in [5, 5.41) is 4.05. The molecule has 1 heterocycles. The summed E-state index contributed by atoms with van der Waals surface area (Å²) in [6, 6.07) is 20.5. The number of fused-ring (bicyclic) bond motifs is 1. The Hall–Kier alpha value is -4.13. The number of methoxy groups -OCH3 is 2. The van der Waals surface area contributed by atoms with Crippen LogP contribution in [-0.2, 0) is 0 Å². The smallest absolute Gasteiger partial charge is 0.271 e. The van der Waals surface area contributed by atoms with Gasteiger partial charge in [-0.15, -0.1) is 0 Å². The van der Waals surface area contributed by atoms with Crippen LogP contribution in [-0.4, -0.2) is 36.3 Å². The summed E-state index contributed by atoms with van der Waals surface area (Å²) in [4.78, 5) is 20.4. The lowest BCUT2D eigenvalue weighted by atomic mass is 10.2. The first-order chi connectivity index (χ1) is 14.7. The number of rotatable bonds is 6. The second-order valence-corrected chi connectivity index (χ2v) is 6.47. The van der Waals surface area contributed by atoms with Gasteiger partial charge in [-0.3, -0.25) is 4.79 Å². The van der Waals surface area contributed by atoms with Crippen LogP contribution in [0.5, 0.6) is 11.5 Å². The number of carbonyl (C=O) groups excluding carboxylic acids is 1. The van der Waals surface area contributed by atoms with Gasteiger partial charge in [-0.25, -0.2) is 10.4 Å². The number of aromatic nitrogens is 2. The molecule has 0 bridgehead atoms. The van der Waals surface area contributed by atoms with E-state index in [2.05, 4.69) is 20.5 Å². The van der Waals surface area contributed by atoms with E-state index in [9.17, 15) is 4.79 Å². The highest BCUT2D eigenvalue weighted by molar-refractivity contribution is 5.98. The third-order valence-electron chi connectivity index (χ3n) is 4.59. The Labute approximate surface area is 173 Å². The van der Waals surface area contributed by atoms with Gasteiger partial charge in [0.05, 0.1) is 31.5 Å². The molecule has 4 rings (SSSR count). The molecule has 7 nitrogen and oxygen atoms in total.